The predicted molar refractivity (Wildman–Crippen MR) is 54.7 cm³/mol. The first kappa shape index (κ1) is 8.57. The largest absolute Gasteiger partial charge is 0.379 e. The van der Waals surface area contributed by atoms with Crippen LogP contribution in [-0.4, -0.2) is 19.1 Å². The Morgan fingerprint density at radius 3 is 2.85 bits per heavy atom. The Kier molecular flexibility index (Phi) is 2.82. The zero-order valence-electron chi connectivity index (χ0n) is 7.87. The Morgan fingerprint density at radius 2 is 2.15 bits per heavy atom. The van der Waals surface area contributed by atoms with Gasteiger partial charge in [0, 0.05) is 18.5 Å². The number of nitrogens with two attached hydrogens (primary N) is 1. The zero-order chi connectivity index (χ0) is 8.93. The van der Waals surface area contributed by atoms with Gasteiger partial charge in [-0.1, -0.05) is 18.2 Å². The van der Waals surface area contributed by atoms with Crippen LogP contribution in [0.4, 0.5) is 5.69 Å². The number of hydrogen-bond donors (Lipinski definition) is 2. The summed E-state index contributed by atoms with van der Waals surface area (Å²) in [7, 11) is 0. The van der Waals surface area contributed by atoms with Crippen LogP contribution in [0.3, 0.4) is 0 Å². The van der Waals surface area contributed by atoms with E-state index in [1.165, 1.54) is 25.1 Å². The molecule has 0 radical (unpaired) electrons. The Morgan fingerprint density at radius 1 is 1.31 bits per heavy atom. The van der Waals surface area contributed by atoms with Crippen LogP contribution in [0.15, 0.2) is 30.3 Å². The van der Waals surface area contributed by atoms with Crippen LogP contribution in [0.1, 0.15) is 12.8 Å². The highest BCUT2D eigenvalue weighted by atomic mass is 15.0. The van der Waals surface area contributed by atoms with Gasteiger partial charge in [0.05, 0.1) is 13.1 Å². The first-order chi connectivity index (χ1) is 6.45. The molecule has 2 heteroatoms. The maximum Gasteiger partial charge on any atom is 0.104 e. The van der Waals surface area contributed by atoms with Crippen molar-refractivity contribution in [2.75, 3.05) is 18.4 Å². The Bertz CT molecular complexity index is 240. The van der Waals surface area contributed by atoms with Crippen molar-refractivity contribution in [3.05, 3.63) is 30.3 Å². The van der Waals surface area contributed by atoms with E-state index in [1.54, 1.807) is 0 Å². The van der Waals surface area contributed by atoms with Gasteiger partial charge in [-0.15, -0.1) is 0 Å². The first-order valence-electron chi connectivity index (χ1n) is 5.07. The number of benzene rings is 1. The highest BCUT2D eigenvalue weighted by molar-refractivity contribution is 5.42. The minimum atomic E-state index is 0.792. The fraction of sp³-hybridized carbons (Fsp3) is 0.455. The predicted octanol–water partition coefficient (Wildman–Crippen LogP) is 0.824. The normalized spacial score (nSPS) is 21.7. The van der Waals surface area contributed by atoms with Gasteiger partial charge in [-0.05, 0) is 12.1 Å². The van der Waals surface area contributed by atoms with Crippen molar-refractivity contribution in [1.82, 2.24) is 0 Å². The lowest BCUT2D eigenvalue weighted by atomic mass is 10.2. The monoisotopic (exact) mass is 177 g/mol. The summed E-state index contributed by atoms with van der Waals surface area (Å²) < 4.78 is 0. The third kappa shape index (κ3) is 2.46. The van der Waals surface area contributed by atoms with Crippen LogP contribution in [0, 0.1) is 0 Å². The van der Waals surface area contributed by atoms with Crippen LogP contribution >= 0.6 is 0 Å². The molecule has 0 aliphatic carbocycles. The molecule has 1 saturated heterocycles. The highest BCUT2D eigenvalue weighted by Gasteiger charge is 2.16. The smallest absolute Gasteiger partial charge is 0.104 e. The molecule has 0 saturated carbocycles. The molecule has 1 aromatic carbocycles. The molecular formula is C11H17N2+. The number of hydrogen-bond acceptors (Lipinski definition) is 1. The summed E-state index contributed by atoms with van der Waals surface area (Å²) in [4.78, 5) is 0. The van der Waals surface area contributed by atoms with E-state index >= 15 is 0 Å². The van der Waals surface area contributed by atoms with Crippen LogP contribution in [-0.2, 0) is 0 Å². The Hall–Kier alpha value is -1.02. The molecule has 0 amide bonds. The lowest BCUT2D eigenvalue weighted by molar-refractivity contribution is -0.666. The van der Waals surface area contributed by atoms with E-state index in [9.17, 15) is 0 Å². The van der Waals surface area contributed by atoms with Gasteiger partial charge in [0.1, 0.15) is 6.04 Å². The summed E-state index contributed by atoms with van der Waals surface area (Å²) in [5.41, 5.74) is 1.24. The molecule has 1 fully saturated rings. The van der Waals surface area contributed by atoms with Crippen LogP contribution in [0.25, 0.3) is 0 Å². The van der Waals surface area contributed by atoms with Gasteiger partial charge >= 0.3 is 0 Å². The third-order valence-electron chi connectivity index (χ3n) is 2.62. The first-order valence-corrected chi connectivity index (χ1v) is 5.07. The lowest BCUT2D eigenvalue weighted by Gasteiger charge is -2.09. The van der Waals surface area contributed by atoms with Crippen molar-refractivity contribution < 1.29 is 5.32 Å². The molecule has 1 aliphatic heterocycles. The van der Waals surface area contributed by atoms with Crippen molar-refractivity contribution in [3.8, 4) is 0 Å². The maximum absolute atomic E-state index is 3.46. The van der Waals surface area contributed by atoms with Crippen molar-refractivity contribution in [1.29, 1.82) is 0 Å². The number of nitrogens with one attached hydrogen (secondary N) is 1. The minimum Gasteiger partial charge on any atom is -0.379 e. The van der Waals surface area contributed by atoms with Crippen molar-refractivity contribution in [2.24, 2.45) is 0 Å². The molecule has 1 aliphatic rings. The van der Waals surface area contributed by atoms with Gasteiger partial charge in [0.15, 0.2) is 0 Å². The zero-order valence-corrected chi connectivity index (χ0v) is 7.87. The van der Waals surface area contributed by atoms with E-state index < -0.39 is 0 Å². The minimum absolute atomic E-state index is 0.792. The molecule has 3 N–H and O–H groups in total. The molecule has 13 heavy (non-hydrogen) atoms. The highest BCUT2D eigenvalue weighted by Crippen LogP contribution is 2.05. The molecule has 2 nitrogen and oxygen atoms in total. The molecular weight excluding hydrogens is 160 g/mol. The molecule has 0 unspecified atom stereocenters. The Balaban J connectivity index is 1.79. The van der Waals surface area contributed by atoms with E-state index in [-0.39, 0.29) is 0 Å². The lowest BCUT2D eigenvalue weighted by Crippen LogP contribution is -2.87. The quantitative estimate of drug-likeness (QED) is 0.703. The summed E-state index contributed by atoms with van der Waals surface area (Å²) in [5.74, 6) is 0. The number of quaternary nitrogens is 1. The van der Waals surface area contributed by atoms with E-state index in [1.807, 2.05) is 6.07 Å². The second-order valence-electron chi connectivity index (χ2n) is 3.67. The van der Waals surface area contributed by atoms with Crippen LogP contribution in [0.5, 0.6) is 0 Å². The molecule has 0 spiro atoms. The topological polar surface area (TPSA) is 28.6 Å². The molecule has 0 aromatic heterocycles. The second kappa shape index (κ2) is 4.28. The number of rotatable bonds is 3. The van der Waals surface area contributed by atoms with Crippen LogP contribution < -0.4 is 10.6 Å². The average molecular weight is 177 g/mol. The summed E-state index contributed by atoms with van der Waals surface area (Å²) in [6, 6.07) is 11.2. The Labute approximate surface area is 79.4 Å². The van der Waals surface area contributed by atoms with Gasteiger partial charge < -0.3 is 10.6 Å². The molecule has 2 rings (SSSR count). The summed E-state index contributed by atoms with van der Waals surface area (Å²) >= 11 is 0. The van der Waals surface area contributed by atoms with Gasteiger partial charge in [0.25, 0.3) is 0 Å². The van der Waals surface area contributed by atoms with Gasteiger partial charge in [-0.25, -0.2) is 0 Å². The SMILES string of the molecule is c1ccc(NC[C@@H]2CCC[NH2+]2)cc1. The summed E-state index contributed by atoms with van der Waals surface area (Å²) in [6.07, 6.45) is 2.74. The standard InChI is InChI=1S/C11H16N2/c1-2-5-10(6-3-1)13-9-11-7-4-8-12-11/h1-3,5-6,11-13H,4,7-9H2/p+1/t11-/m0/s1. The molecule has 1 heterocycles. The third-order valence-corrected chi connectivity index (χ3v) is 2.62. The van der Waals surface area contributed by atoms with Gasteiger partial charge in [-0.3, -0.25) is 0 Å². The van der Waals surface area contributed by atoms with Crippen molar-refractivity contribution in [2.45, 2.75) is 18.9 Å². The molecule has 70 valence electrons. The van der Waals surface area contributed by atoms with E-state index in [4.69, 9.17) is 0 Å². The second-order valence-corrected chi connectivity index (χ2v) is 3.67. The molecule has 0 bridgehead atoms. The fourth-order valence-corrected chi connectivity index (χ4v) is 1.84. The van der Waals surface area contributed by atoms with Crippen molar-refractivity contribution >= 4 is 5.69 Å². The van der Waals surface area contributed by atoms with E-state index in [0.29, 0.717) is 0 Å². The fourth-order valence-electron chi connectivity index (χ4n) is 1.84. The van der Waals surface area contributed by atoms with Gasteiger partial charge in [0.2, 0.25) is 0 Å². The van der Waals surface area contributed by atoms with Crippen molar-refractivity contribution in [3.63, 3.8) is 0 Å². The van der Waals surface area contributed by atoms with E-state index in [2.05, 4.69) is 34.9 Å². The van der Waals surface area contributed by atoms with Gasteiger partial charge in [-0.2, -0.15) is 0 Å². The maximum atomic E-state index is 3.46. The van der Waals surface area contributed by atoms with E-state index in [0.717, 1.165) is 12.6 Å². The molecule has 1 aromatic rings. The average Bonchev–Trinajstić information content (AvgIpc) is 2.69. The molecule has 1 atom stereocenters. The summed E-state index contributed by atoms with van der Waals surface area (Å²) in [5, 5.41) is 5.90. The number of anilines is 1. The summed E-state index contributed by atoms with van der Waals surface area (Å²) in [6.45, 7) is 2.41. The number of para-hydroxylation sites is 1. The van der Waals surface area contributed by atoms with Crippen LogP contribution in [0.2, 0.25) is 0 Å².